The van der Waals surface area contributed by atoms with E-state index in [0.29, 0.717) is 36.5 Å². The van der Waals surface area contributed by atoms with Gasteiger partial charge in [-0.1, -0.05) is 12.1 Å². The van der Waals surface area contributed by atoms with Crippen molar-refractivity contribution in [3.05, 3.63) is 112 Å². The monoisotopic (exact) mass is 642 g/mol. The predicted octanol–water partition coefficient (Wildman–Crippen LogP) is 6.45. The number of pyridine rings is 1. The van der Waals surface area contributed by atoms with Crippen LogP contribution in [0.3, 0.4) is 0 Å². The van der Waals surface area contributed by atoms with Gasteiger partial charge >= 0.3 is 5.97 Å². The maximum Gasteiger partial charge on any atom is 0.335 e. The minimum Gasteiger partial charge on any atom is -0.478 e. The van der Waals surface area contributed by atoms with E-state index in [4.69, 9.17) is 19.5 Å². The van der Waals surface area contributed by atoms with Crippen LogP contribution >= 0.6 is 0 Å². The summed E-state index contributed by atoms with van der Waals surface area (Å²) < 4.78 is 64.5. The number of carboxylic acid groups (broad SMARTS) is 1. The number of aromatic carboxylic acids is 1. The standard InChI is InChI=1S/C35H29F3N4O5/c1-45-20-35(10-3-11-47-35)19-42-31-14-22(34(43)44)8-9-30(31)40-32(42)15-24-13-28(38)25(16-27(24)37)29-4-2-5-33(41-29)46-18-23-7-6-21(17-39)12-26(23)36/h2,4-9,12-14,16H,3,10-11,15,18-20H2,1H3,(H,43,44). The summed E-state index contributed by atoms with van der Waals surface area (Å²) in [7, 11) is 1.57. The summed E-state index contributed by atoms with van der Waals surface area (Å²) in [6.07, 6.45) is 1.43. The van der Waals surface area contributed by atoms with Crippen molar-refractivity contribution in [3.63, 3.8) is 0 Å². The molecule has 1 saturated heterocycles. The lowest BCUT2D eigenvalue weighted by atomic mass is 10.0. The molecule has 3 heterocycles. The Morgan fingerprint density at radius 2 is 1.87 bits per heavy atom. The van der Waals surface area contributed by atoms with Crippen LogP contribution in [0.1, 0.15) is 45.7 Å². The van der Waals surface area contributed by atoms with Gasteiger partial charge < -0.3 is 23.9 Å². The molecule has 240 valence electrons. The zero-order valence-electron chi connectivity index (χ0n) is 25.3. The third kappa shape index (κ3) is 6.67. The highest BCUT2D eigenvalue weighted by molar-refractivity contribution is 5.92. The van der Waals surface area contributed by atoms with Gasteiger partial charge in [-0.2, -0.15) is 5.26 Å². The first-order valence-electron chi connectivity index (χ1n) is 14.8. The molecule has 47 heavy (non-hydrogen) atoms. The van der Waals surface area contributed by atoms with Crippen LogP contribution in [-0.2, 0) is 29.0 Å². The van der Waals surface area contributed by atoms with E-state index in [1.54, 1.807) is 23.8 Å². The second-order valence-corrected chi connectivity index (χ2v) is 11.4. The zero-order valence-corrected chi connectivity index (χ0v) is 25.3. The summed E-state index contributed by atoms with van der Waals surface area (Å²) in [5, 5.41) is 18.5. The van der Waals surface area contributed by atoms with Crippen LogP contribution in [0.15, 0.2) is 66.7 Å². The van der Waals surface area contributed by atoms with Crippen molar-refractivity contribution in [2.24, 2.45) is 0 Å². The van der Waals surface area contributed by atoms with Gasteiger partial charge in [0.2, 0.25) is 5.88 Å². The SMILES string of the molecule is COCC1(Cn2c(Cc3cc(F)c(-c4cccc(OCc5ccc(C#N)cc5F)n4)cc3F)nc3ccc(C(=O)O)cc32)CCCO1. The highest BCUT2D eigenvalue weighted by atomic mass is 19.1. The smallest absolute Gasteiger partial charge is 0.335 e. The van der Waals surface area contributed by atoms with E-state index >= 15 is 8.78 Å². The van der Waals surface area contributed by atoms with Crippen LogP contribution in [0, 0.1) is 28.8 Å². The number of imidazole rings is 1. The minimum atomic E-state index is -1.10. The normalized spacial score (nSPS) is 16.0. The lowest BCUT2D eigenvalue weighted by molar-refractivity contribution is -0.0616. The fourth-order valence-electron chi connectivity index (χ4n) is 5.83. The molecule has 0 spiro atoms. The fourth-order valence-corrected chi connectivity index (χ4v) is 5.83. The topological polar surface area (TPSA) is 119 Å². The maximum atomic E-state index is 15.7. The van der Waals surface area contributed by atoms with E-state index in [0.717, 1.165) is 24.6 Å². The molecule has 0 amide bonds. The summed E-state index contributed by atoms with van der Waals surface area (Å²) in [6.45, 7) is 0.927. The van der Waals surface area contributed by atoms with Gasteiger partial charge in [-0.05, 0) is 66.9 Å². The molecule has 6 rings (SSSR count). The molecular weight excluding hydrogens is 613 g/mol. The lowest BCUT2D eigenvalue weighted by Gasteiger charge is -2.29. The summed E-state index contributed by atoms with van der Waals surface area (Å²) in [4.78, 5) is 20.7. The van der Waals surface area contributed by atoms with Gasteiger partial charge in [0.1, 0.15) is 35.5 Å². The molecule has 1 aliphatic rings. The predicted molar refractivity (Wildman–Crippen MR) is 164 cm³/mol. The molecule has 1 unspecified atom stereocenters. The van der Waals surface area contributed by atoms with E-state index in [2.05, 4.69) is 9.97 Å². The average molecular weight is 643 g/mol. The molecule has 1 N–H and O–H groups in total. The number of halogens is 3. The Labute approximate surface area is 267 Å². The Bertz CT molecular complexity index is 2020. The van der Waals surface area contributed by atoms with Crippen LogP contribution in [0.5, 0.6) is 5.88 Å². The molecule has 1 fully saturated rings. The van der Waals surface area contributed by atoms with Gasteiger partial charge in [0.15, 0.2) is 0 Å². The fraction of sp³-hybridized carbons (Fsp3) is 0.257. The van der Waals surface area contributed by atoms with Crippen molar-refractivity contribution in [2.75, 3.05) is 20.3 Å². The van der Waals surface area contributed by atoms with Gasteiger partial charge in [0.05, 0.1) is 47.1 Å². The highest BCUT2D eigenvalue weighted by Gasteiger charge is 2.37. The molecular formula is C35H29F3N4O5. The lowest BCUT2D eigenvalue weighted by Crippen LogP contribution is -2.38. The molecule has 0 saturated carbocycles. The summed E-state index contributed by atoms with van der Waals surface area (Å²) in [6, 6.07) is 17.1. The Morgan fingerprint density at radius 1 is 1.04 bits per heavy atom. The van der Waals surface area contributed by atoms with Crippen LogP contribution in [0.25, 0.3) is 22.3 Å². The largest absolute Gasteiger partial charge is 0.478 e. The van der Waals surface area contributed by atoms with E-state index in [1.165, 1.54) is 36.4 Å². The molecule has 0 bridgehead atoms. The Balaban J connectivity index is 1.29. The summed E-state index contributed by atoms with van der Waals surface area (Å²) in [5.74, 6) is -2.65. The van der Waals surface area contributed by atoms with E-state index < -0.39 is 29.0 Å². The van der Waals surface area contributed by atoms with Crippen molar-refractivity contribution < 1.29 is 37.3 Å². The highest BCUT2D eigenvalue weighted by Crippen LogP contribution is 2.32. The molecule has 0 aliphatic carbocycles. The number of carboxylic acids is 1. The number of hydrogen-bond acceptors (Lipinski definition) is 7. The number of methoxy groups -OCH3 is 1. The Morgan fingerprint density at radius 3 is 2.60 bits per heavy atom. The summed E-state index contributed by atoms with van der Waals surface area (Å²) in [5.41, 5.74) is 0.858. The van der Waals surface area contributed by atoms with Crippen LogP contribution in [0.4, 0.5) is 13.2 Å². The number of benzene rings is 3. The van der Waals surface area contributed by atoms with Gasteiger partial charge in [-0.25, -0.2) is 27.9 Å². The minimum absolute atomic E-state index is 0.0399. The number of nitrogens with zero attached hydrogens (tertiary/aromatic N) is 4. The maximum absolute atomic E-state index is 15.7. The number of rotatable bonds is 11. The Kier molecular flexibility index (Phi) is 8.93. The number of carbonyl (C=O) groups is 1. The van der Waals surface area contributed by atoms with Crippen molar-refractivity contribution in [1.29, 1.82) is 5.26 Å². The van der Waals surface area contributed by atoms with E-state index in [-0.39, 0.29) is 59.0 Å². The number of hydrogen-bond donors (Lipinski definition) is 1. The summed E-state index contributed by atoms with van der Waals surface area (Å²) >= 11 is 0. The quantitative estimate of drug-likeness (QED) is 0.175. The first-order chi connectivity index (χ1) is 22.7. The number of fused-ring (bicyclic) bond motifs is 1. The molecule has 2 aromatic heterocycles. The zero-order chi connectivity index (χ0) is 33.1. The van der Waals surface area contributed by atoms with Gasteiger partial charge in [-0.3, -0.25) is 0 Å². The third-order valence-electron chi connectivity index (χ3n) is 8.15. The molecule has 0 radical (unpaired) electrons. The molecule has 3 aromatic carbocycles. The van der Waals surface area contributed by atoms with E-state index in [1.807, 2.05) is 6.07 Å². The van der Waals surface area contributed by atoms with Gasteiger partial charge in [0.25, 0.3) is 0 Å². The first-order valence-corrected chi connectivity index (χ1v) is 14.8. The number of ether oxygens (including phenoxy) is 3. The van der Waals surface area contributed by atoms with Crippen LogP contribution in [0.2, 0.25) is 0 Å². The Hall–Kier alpha value is -5.25. The van der Waals surface area contributed by atoms with Crippen molar-refractivity contribution in [1.82, 2.24) is 14.5 Å². The van der Waals surface area contributed by atoms with Crippen molar-refractivity contribution >= 4 is 17.0 Å². The van der Waals surface area contributed by atoms with Crippen LogP contribution in [-0.4, -0.2) is 51.5 Å². The molecule has 9 nitrogen and oxygen atoms in total. The van der Waals surface area contributed by atoms with Gasteiger partial charge in [-0.15, -0.1) is 0 Å². The molecule has 1 atom stereocenters. The van der Waals surface area contributed by atoms with Crippen LogP contribution < -0.4 is 4.74 Å². The molecule has 12 heteroatoms. The number of nitriles is 1. The number of aromatic nitrogens is 3. The second-order valence-electron chi connectivity index (χ2n) is 11.4. The van der Waals surface area contributed by atoms with E-state index in [9.17, 15) is 14.3 Å². The van der Waals surface area contributed by atoms with Crippen molar-refractivity contribution in [3.8, 4) is 23.2 Å². The first kappa shape index (κ1) is 31.7. The van der Waals surface area contributed by atoms with Gasteiger partial charge in [0, 0.05) is 37.3 Å². The second kappa shape index (κ2) is 13.2. The third-order valence-corrected chi connectivity index (χ3v) is 8.15. The average Bonchev–Trinajstić information content (AvgIpc) is 3.66. The molecule has 1 aliphatic heterocycles. The van der Waals surface area contributed by atoms with Crippen molar-refractivity contribution in [2.45, 2.75) is 38.0 Å². The molecule has 5 aromatic rings.